The van der Waals surface area contributed by atoms with E-state index in [-0.39, 0.29) is 6.04 Å². The van der Waals surface area contributed by atoms with Crippen LogP contribution in [0.5, 0.6) is 5.75 Å². The van der Waals surface area contributed by atoms with Gasteiger partial charge < -0.3 is 9.64 Å². The standard InChI is InChI=1S/C20H22N4O/c1-14-9-5-6-10-16(14)18-13-21-23-20(22-18)24(3)15(2)17-11-7-8-12-19(17)25-4/h5-13,15H,1-4H3. The highest BCUT2D eigenvalue weighted by Gasteiger charge is 2.19. The van der Waals surface area contributed by atoms with Crippen LogP contribution in [0.25, 0.3) is 11.3 Å². The summed E-state index contributed by atoms with van der Waals surface area (Å²) in [6.45, 7) is 4.17. The van der Waals surface area contributed by atoms with Crippen molar-refractivity contribution in [2.24, 2.45) is 0 Å². The van der Waals surface area contributed by atoms with Crippen molar-refractivity contribution in [2.75, 3.05) is 19.1 Å². The lowest BCUT2D eigenvalue weighted by Gasteiger charge is -2.26. The van der Waals surface area contributed by atoms with Gasteiger partial charge in [0, 0.05) is 18.2 Å². The number of nitrogens with zero attached hydrogens (tertiary/aromatic N) is 4. The lowest BCUT2D eigenvalue weighted by Crippen LogP contribution is -2.24. The van der Waals surface area contributed by atoms with E-state index in [0.29, 0.717) is 5.95 Å². The third-order valence-electron chi connectivity index (χ3n) is 4.45. The Balaban J connectivity index is 1.94. The van der Waals surface area contributed by atoms with Gasteiger partial charge in [-0.2, -0.15) is 5.10 Å². The van der Waals surface area contributed by atoms with Crippen LogP contribution in [0.15, 0.2) is 54.7 Å². The summed E-state index contributed by atoms with van der Waals surface area (Å²) >= 11 is 0. The Kier molecular flexibility index (Phi) is 4.93. The minimum Gasteiger partial charge on any atom is -0.496 e. The number of rotatable bonds is 5. The molecule has 0 saturated carbocycles. The first-order chi connectivity index (χ1) is 12.1. The van der Waals surface area contributed by atoms with E-state index in [0.717, 1.165) is 28.1 Å². The molecule has 128 valence electrons. The summed E-state index contributed by atoms with van der Waals surface area (Å²) in [6, 6.07) is 16.2. The molecule has 0 aliphatic rings. The van der Waals surface area contributed by atoms with Crippen molar-refractivity contribution >= 4 is 5.95 Å². The van der Waals surface area contributed by atoms with Crippen molar-refractivity contribution in [2.45, 2.75) is 19.9 Å². The molecule has 0 saturated heterocycles. The zero-order chi connectivity index (χ0) is 17.8. The molecule has 2 aromatic carbocycles. The molecule has 0 spiro atoms. The molecule has 1 heterocycles. The molecule has 1 aromatic heterocycles. The van der Waals surface area contributed by atoms with Gasteiger partial charge >= 0.3 is 0 Å². The molecule has 1 unspecified atom stereocenters. The molecule has 0 aliphatic heterocycles. The number of anilines is 1. The molecule has 0 aliphatic carbocycles. The maximum absolute atomic E-state index is 5.48. The largest absolute Gasteiger partial charge is 0.496 e. The number of hydrogen-bond acceptors (Lipinski definition) is 5. The molecule has 0 fully saturated rings. The van der Waals surface area contributed by atoms with Crippen molar-refractivity contribution in [3.63, 3.8) is 0 Å². The van der Waals surface area contributed by atoms with E-state index >= 15 is 0 Å². The quantitative estimate of drug-likeness (QED) is 0.704. The van der Waals surface area contributed by atoms with Crippen molar-refractivity contribution in [1.29, 1.82) is 0 Å². The Morgan fingerprint density at radius 3 is 2.52 bits per heavy atom. The fourth-order valence-electron chi connectivity index (χ4n) is 2.83. The van der Waals surface area contributed by atoms with Crippen LogP contribution in [0.2, 0.25) is 0 Å². The second kappa shape index (κ2) is 7.30. The Morgan fingerprint density at radius 2 is 1.76 bits per heavy atom. The fourth-order valence-corrected chi connectivity index (χ4v) is 2.83. The van der Waals surface area contributed by atoms with Crippen LogP contribution < -0.4 is 9.64 Å². The van der Waals surface area contributed by atoms with E-state index in [2.05, 4.69) is 36.2 Å². The molecule has 1 atom stereocenters. The highest BCUT2D eigenvalue weighted by Crippen LogP contribution is 2.30. The molecule has 3 aromatic rings. The summed E-state index contributed by atoms with van der Waals surface area (Å²) in [5, 5.41) is 8.38. The summed E-state index contributed by atoms with van der Waals surface area (Å²) in [5.41, 5.74) is 4.13. The predicted octanol–water partition coefficient (Wildman–Crippen LogP) is 4.05. The van der Waals surface area contributed by atoms with E-state index in [1.807, 2.05) is 48.3 Å². The third-order valence-corrected chi connectivity index (χ3v) is 4.45. The summed E-state index contributed by atoms with van der Waals surface area (Å²) in [6.07, 6.45) is 1.70. The van der Waals surface area contributed by atoms with Gasteiger partial charge in [-0.05, 0) is 25.5 Å². The highest BCUT2D eigenvalue weighted by molar-refractivity contribution is 5.63. The zero-order valence-electron chi connectivity index (χ0n) is 15.0. The van der Waals surface area contributed by atoms with Crippen LogP contribution in [0.1, 0.15) is 24.1 Å². The predicted molar refractivity (Wildman–Crippen MR) is 99.8 cm³/mol. The molecule has 0 N–H and O–H groups in total. The first kappa shape index (κ1) is 16.9. The van der Waals surface area contributed by atoms with Gasteiger partial charge in [0.2, 0.25) is 5.95 Å². The summed E-state index contributed by atoms with van der Waals surface area (Å²) in [5.74, 6) is 1.43. The molecule has 3 rings (SSSR count). The summed E-state index contributed by atoms with van der Waals surface area (Å²) in [4.78, 5) is 6.72. The molecular formula is C20H22N4O. The molecule has 0 bridgehead atoms. The van der Waals surface area contributed by atoms with Gasteiger partial charge in [-0.15, -0.1) is 5.10 Å². The SMILES string of the molecule is COc1ccccc1C(C)N(C)c1nncc(-c2ccccc2C)n1. The Morgan fingerprint density at radius 1 is 1.04 bits per heavy atom. The van der Waals surface area contributed by atoms with E-state index in [1.165, 1.54) is 0 Å². The normalized spacial score (nSPS) is 11.8. The Hall–Kier alpha value is -2.95. The lowest BCUT2D eigenvalue weighted by molar-refractivity contribution is 0.406. The molecule has 5 nitrogen and oxygen atoms in total. The first-order valence-electron chi connectivity index (χ1n) is 8.23. The third kappa shape index (κ3) is 3.45. The number of para-hydroxylation sites is 1. The highest BCUT2D eigenvalue weighted by atomic mass is 16.5. The second-order valence-electron chi connectivity index (χ2n) is 5.99. The molecule has 5 heteroatoms. The number of aryl methyl sites for hydroxylation is 1. The van der Waals surface area contributed by atoms with Crippen LogP contribution in [0.3, 0.4) is 0 Å². The van der Waals surface area contributed by atoms with Crippen molar-refractivity contribution in [3.8, 4) is 17.0 Å². The van der Waals surface area contributed by atoms with E-state index in [1.54, 1.807) is 13.3 Å². The van der Waals surface area contributed by atoms with Crippen molar-refractivity contribution < 1.29 is 4.74 Å². The van der Waals surface area contributed by atoms with Crippen molar-refractivity contribution in [1.82, 2.24) is 15.2 Å². The maximum Gasteiger partial charge on any atom is 0.246 e. The van der Waals surface area contributed by atoms with Gasteiger partial charge in [0.05, 0.1) is 25.0 Å². The van der Waals surface area contributed by atoms with Gasteiger partial charge in [0.1, 0.15) is 5.75 Å². The van der Waals surface area contributed by atoms with Crippen molar-refractivity contribution in [3.05, 3.63) is 65.9 Å². The molecular weight excluding hydrogens is 312 g/mol. The van der Waals surface area contributed by atoms with Crippen LogP contribution in [0, 0.1) is 6.92 Å². The molecule has 0 radical (unpaired) electrons. The van der Waals surface area contributed by atoms with Crippen LogP contribution in [-0.4, -0.2) is 29.3 Å². The van der Waals surface area contributed by atoms with Gasteiger partial charge in [0.15, 0.2) is 0 Å². The zero-order valence-corrected chi connectivity index (χ0v) is 15.0. The minimum absolute atomic E-state index is 0.0464. The fraction of sp³-hybridized carbons (Fsp3) is 0.250. The number of ether oxygens (including phenoxy) is 1. The van der Waals surface area contributed by atoms with E-state index in [4.69, 9.17) is 9.72 Å². The first-order valence-corrected chi connectivity index (χ1v) is 8.23. The monoisotopic (exact) mass is 334 g/mol. The number of methoxy groups -OCH3 is 1. The maximum atomic E-state index is 5.48. The number of benzene rings is 2. The Labute approximate surface area is 148 Å². The van der Waals surface area contributed by atoms with E-state index < -0.39 is 0 Å². The van der Waals surface area contributed by atoms with Gasteiger partial charge in [-0.3, -0.25) is 0 Å². The van der Waals surface area contributed by atoms with Crippen LogP contribution in [0.4, 0.5) is 5.95 Å². The molecule has 25 heavy (non-hydrogen) atoms. The van der Waals surface area contributed by atoms with Gasteiger partial charge in [0.25, 0.3) is 0 Å². The van der Waals surface area contributed by atoms with Gasteiger partial charge in [-0.1, -0.05) is 42.5 Å². The summed E-state index contributed by atoms with van der Waals surface area (Å²) in [7, 11) is 3.65. The summed E-state index contributed by atoms with van der Waals surface area (Å²) < 4.78 is 5.48. The van der Waals surface area contributed by atoms with E-state index in [9.17, 15) is 0 Å². The Bertz CT molecular complexity index is 866. The molecule has 0 amide bonds. The number of hydrogen-bond donors (Lipinski definition) is 0. The lowest BCUT2D eigenvalue weighted by atomic mass is 10.1. The second-order valence-corrected chi connectivity index (χ2v) is 5.99. The topological polar surface area (TPSA) is 51.1 Å². The average molecular weight is 334 g/mol. The number of aromatic nitrogens is 3. The minimum atomic E-state index is 0.0464. The van der Waals surface area contributed by atoms with Gasteiger partial charge in [-0.25, -0.2) is 4.98 Å². The smallest absolute Gasteiger partial charge is 0.246 e. The van der Waals surface area contributed by atoms with Crippen LogP contribution in [-0.2, 0) is 0 Å². The average Bonchev–Trinajstić information content (AvgIpc) is 2.67. The van der Waals surface area contributed by atoms with Crippen LogP contribution >= 0.6 is 0 Å².